The van der Waals surface area contributed by atoms with Gasteiger partial charge in [0, 0.05) is 43.0 Å². The Morgan fingerprint density at radius 2 is 2.03 bits per heavy atom. The van der Waals surface area contributed by atoms with Crippen molar-refractivity contribution in [2.45, 2.75) is 33.1 Å². The summed E-state index contributed by atoms with van der Waals surface area (Å²) in [6.07, 6.45) is 5.91. The summed E-state index contributed by atoms with van der Waals surface area (Å²) in [5.74, 6) is 2.03. The minimum Gasteiger partial charge on any atom is -0.356 e. The lowest BCUT2D eigenvalue weighted by molar-refractivity contribution is -0.125. The van der Waals surface area contributed by atoms with Gasteiger partial charge in [-0.25, -0.2) is 9.97 Å². The standard InChI is InChI=1S/C22H25N7OS/c1-14-15(2)31-22-19(14)20(24-13-25-22)28-11-7-16(8-12-28)21(30)23-9-6-18-27-26-17-5-3-4-10-29(17)18/h3-5,10,13,16H,6-9,11-12H2,1-2H3,(H,23,30). The summed E-state index contributed by atoms with van der Waals surface area (Å²) in [6.45, 7) is 6.49. The summed E-state index contributed by atoms with van der Waals surface area (Å²) in [5, 5.41) is 12.6. The molecule has 0 unspecified atom stereocenters. The van der Waals surface area contributed by atoms with Crippen molar-refractivity contribution in [3.05, 3.63) is 47.0 Å². The van der Waals surface area contributed by atoms with Crippen LogP contribution in [0, 0.1) is 19.8 Å². The molecule has 0 saturated carbocycles. The lowest BCUT2D eigenvalue weighted by Crippen LogP contribution is -2.41. The number of hydrogen-bond acceptors (Lipinski definition) is 7. The molecule has 0 radical (unpaired) electrons. The fraction of sp³-hybridized carbons (Fsp3) is 0.409. The molecule has 1 N–H and O–H groups in total. The van der Waals surface area contributed by atoms with E-state index in [9.17, 15) is 4.79 Å². The third-order valence-electron chi connectivity index (χ3n) is 6.14. The van der Waals surface area contributed by atoms with E-state index in [1.807, 2.05) is 28.8 Å². The second-order valence-corrected chi connectivity index (χ2v) is 9.21. The van der Waals surface area contributed by atoms with E-state index in [1.165, 1.54) is 10.4 Å². The van der Waals surface area contributed by atoms with Gasteiger partial charge in [-0.3, -0.25) is 9.20 Å². The molecule has 31 heavy (non-hydrogen) atoms. The molecule has 8 nitrogen and oxygen atoms in total. The Balaban J connectivity index is 1.18. The first-order chi connectivity index (χ1) is 15.1. The number of carbonyl (C=O) groups excluding carboxylic acids is 1. The van der Waals surface area contributed by atoms with Gasteiger partial charge < -0.3 is 10.2 Å². The molecule has 5 rings (SSSR count). The number of piperidine rings is 1. The molecule has 9 heteroatoms. The quantitative estimate of drug-likeness (QED) is 0.519. The summed E-state index contributed by atoms with van der Waals surface area (Å²) in [7, 11) is 0. The molecule has 5 heterocycles. The minimum atomic E-state index is 0.0361. The molecule has 160 valence electrons. The number of nitrogens with one attached hydrogen (secondary N) is 1. The van der Waals surface area contributed by atoms with Crippen LogP contribution in [0.5, 0.6) is 0 Å². The maximum atomic E-state index is 12.7. The number of anilines is 1. The number of fused-ring (bicyclic) bond motifs is 2. The van der Waals surface area contributed by atoms with Gasteiger partial charge in [0.05, 0.1) is 5.39 Å². The van der Waals surface area contributed by atoms with Gasteiger partial charge in [-0.2, -0.15) is 0 Å². The molecule has 1 aliphatic rings. The first-order valence-electron chi connectivity index (χ1n) is 10.6. The van der Waals surface area contributed by atoms with Crippen molar-refractivity contribution in [3.63, 3.8) is 0 Å². The Kier molecular flexibility index (Phi) is 5.27. The molecule has 0 aromatic carbocycles. The number of thiophene rings is 1. The third-order valence-corrected chi connectivity index (χ3v) is 7.26. The van der Waals surface area contributed by atoms with E-state index >= 15 is 0 Å². The van der Waals surface area contributed by atoms with E-state index in [0.29, 0.717) is 13.0 Å². The zero-order valence-corrected chi connectivity index (χ0v) is 18.5. The molecule has 1 saturated heterocycles. The molecule has 0 bridgehead atoms. The molecule has 1 amide bonds. The van der Waals surface area contributed by atoms with Crippen molar-refractivity contribution in [3.8, 4) is 0 Å². The van der Waals surface area contributed by atoms with Crippen molar-refractivity contribution in [1.82, 2.24) is 29.9 Å². The Labute approximate surface area is 184 Å². The highest BCUT2D eigenvalue weighted by molar-refractivity contribution is 7.18. The molecule has 4 aromatic rings. The zero-order valence-electron chi connectivity index (χ0n) is 17.7. The van der Waals surface area contributed by atoms with Gasteiger partial charge in [0.25, 0.3) is 0 Å². The van der Waals surface area contributed by atoms with Crippen LogP contribution in [-0.4, -0.2) is 50.1 Å². The number of carbonyl (C=O) groups is 1. The Hall–Kier alpha value is -3.07. The van der Waals surface area contributed by atoms with Crippen LogP contribution < -0.4 is 10.2 Å². The smallest absolute Gasteiger partial charge is 0.223 e. The molecule has 1 fully saturated rings. The summed E-state index contributed by atoms with van der Waals surface area (Å²) < 4.78 is 1.96. The van der Waals surface area contributed by atoms with Crippen LogP contribution in [0.3, 0.4) is 0 Å². The lowest BCUT2D eigenvalue weighted by atomic mass is 9.95. The van der Waals surface area contributed by atoms with Gasteiger partial charge in [-0.05, 0) is 44.4 Å². The van der Waals surface area contributed by atoms with E-state index in [2.05, 4.69) is 44.2 Å². The number of hydrogen-bond donors (Lipinski definition) is 1. The van der Waals surface area contributed by atoms with Gasteiger partial charge >= 0.3 is 0 Å². The topological polar surface area (TPSA) is 88.3 Å². The van der Waals surface area contributed by atoms with Crippen molar-refractivity contribution in [2.24, 2.45) is 5.92 Å². The van der Waals surface area contributed by atoms with Gasteiger partial charge in [-0.1, -0.05) is 6.07 Å². The average molecular weight is 436 g/mol. The Morgan fingerprint density at radius 3 is 2.87 bits per heavy atom. The van der Waals surface area contributed by atoms with Crippen LogP contribution >= 0.6 is 11.3 Å². The van der Waals surface area contributed by atoms with Crippen LogP contribution in [0.25, 0.3) is 15.9 Å². The number of aryl methyl sites for hydroxylation is 2. The number of aromatic nitrogens is 5. The molecular formula is C22H25N7OS. The van der Waals surface area contributed by atoms with Crippen LogP contribution in [0.1, 0.15) is 29.1 Å². The fourth-order valence-electron chi connectivity index (χ4n) is 4.26. The zero-order chi connectivity index (χ0) is 21.4. The third kappa shape index (κ3) is 3.74. The Bertz CT molecular complexity index is 1240. The van der Waals surface area contributed by atoms with E-state index in [4.69, 9.17) is 0 Å². The highest BCUT2D eigenvalue weighted by Gasteiger charge is 2.27. The molecule has 0 atom stereocenters. The van der Waals surface area contributed by atoms with Crippen LogP contribution in [0.4, 0.5) is 5.82 Å². The first-order valence-corrected chi connectivity index (χ1v) is 11.5. The van der Waals surface area contributed by atoms with E-state index in [0.717, 1.165) is 53.4 Å². The van der Waals surface area contributed by atoms with Gasteiger partial charge in [0.15, 0.2) is 5.65 Å². The van der Waals surface area contributed by atoms with Gasteiger partial charge in [0.1, 0.15) is 22.8 Å². The van der Waals surface area contributed by atoms with E-state index in [-0.39, 0.29) is 11.8 Å². The van der Waals surface area contributed by atoms with Crippen LogP contribution in [-0.2, 0) is 11.2 Å². The maximum Gasteiger partial charge on any atom is 0.223 e. The predicted octanol–water partition coefficient (Wildman–Crippen LogP) is 2.93. The molecule has 0 aliphatic carbocycles. The van der Waals surface area contributed by atoms with E-state index < -0.39 is 0 Å². The summed E-state index contributed by atoms with van der Waals surface area (Å²) in [4.78, 5) is 26.4. The summed E-state index contributed by atoms with van der Waals surface area (Å²) in [5.41, 5.74) is 2.09. The van der Waals surface area contributed by atoms with Gasteiger partial charge in [0.2, 0.25) is 5.91 Å². The van der Waals surface area contributed by atoms with Crippen molar-refractivity contribution >= 4 is 38.9 Å². The summed E-state index contributed by atoms with van der Waals surface area (Å²) in [6, 6.07) is 5.82. The van der Waals surface area contributed by atoms with Crippen molar-refractivity contribution in [2.75, 3.05) is 24.5 Å². The number of amides is 1. The molecular weight excluding hydrogens is 410 g/mol. The predicted molar refractivity (Wildman–Crippen MR) is 122 cm³/mol. The fourth-order valence-corrected chi connectivity index (χ4v) is 5.25. The second kappa shape index (κ2) is 8.22. The Morgan fingerprint density at radius 1 is 1.19 bits per heavy atom. The van der Waals surface area contributed by atoms with Crippen LogP contribution in [0.2, 0.25) is 0 Å². The minimum absolute atomic E-state index is 0.0361. The number of nitrogens with zero attached hydrogens (tertiary/aromatic N) is 6. The van der Waals surface area contributed by atoms with Crippen molar-refractivity contribution < 1.29 is 4.79 Å². The monoisotopic (exact) mass is 435 g/mol. The largest absolute Gasteiger partial charge is 0.356 e. The molecule has 1 aliphatic heterocycles. The molecule has 0 spiro atoms. The van der Waals surface area contributed by atoms with Crippen LogP contribution in [0.15, 0.2) is 30.7 Å². The highest BCUT2D eigenvalue weighted by atomic mass is 32.1. The normalized spacial score (nSPS) is 15.1. The summed E-state index contributed by atoms with van der Waals surface area (Å²) >= 11 is 1.72. The van der Waals surface area contributed by atoms with Crippen molar-refractivity contribution in [1.29, 1.82) is 0 Å². The highest BCUT2D eigenvalue weighted by Crippen LogP contribution is 2.35. The first kappa shape index (κ1) is 19.9. The second-order valence-electron chi connectivity index (χ2n) is 8.01. The maximum absolute atomic E-state index is 12.7. The number of pyridine rings is 1. The van der Waals surface area contributed by atoms with Gasteiger partial charge in [-0.15, -0.1) is 21.5 Å². The average Bonchev–Trinajstić information content (AvgIpc) is 3.34. The van der Waals surface area contributed by atoms with E-state index in [1.54, 1.807) is 17.7 Å². The SMILES string of the molecule is Cc1sc2ncnc(N3CCC(C(=O)NCCc4nnc5ccccn45)CC3)c2c1C. The molecule has 4 aromatic heterocycles. The number of rotatable bonds is 5. The lowest BCUT2D eigenvalue weighted by Gasteiger charge is -2.32.